The number of hydrogen-bond donors (Lipinski definition) is 2. The van der Waals surface area contributed by atoms with Gasteiger partial charge in [-0.1, -0.05) is 0 Å². The molecule has 1 fully saturated rings. The SMILES string of the molecule is CCn1ccnc1CNC(=O)[C@@H]1CC[C@H](N)CN(C(C)=O)C1. The molecule has 1 aromatic rings. The van der Waals surface area contributed by atoms with Crippen molar-refractivity contribution in [2.45, 2.75) is 45.8 Å². The number of aromatic nitrogens is 2. The van der Waals surface area contributed by atoms with Crippen LogP contribution in [0.4, 0.5) is 0 Å². The molecule has 22 heavy (non-hydrogen) atoms. The average Bonchev–Trinajstić information content (AvgIpc) is 2.85. The summed E-state index contributed by atoms with van der Waals surface area (Å²) in [6, 6.07) is -0.0549. The predicted octanol–water partition coefficient (Wildman–Crippen LogP) is 0.105. The molecule has 2 amide bonds. The second-order valence-corrected chi connectivity index (χ2v) is 5.81. The third-order valence-corrected chi connectivity index (χ3v) is 4.16. The zero-order valence-corrected chi connectivity index (χ0v) is 13.3. The number of amides is 2. The third kappa shape index (κ3) is 4.07. The van der Waals surface area contributed by atoms with Crippen molar-refractivity contribution in [2.75, 3.05) is 13.1 Å². The van der Waals surface area contributed by atoms with E-state index in [2.05, 4.69) is 10.3 Å². The molecule has 1 saturated heterocycles. The number of imidazole rings is 1. The van der Waals surface area contributed by atoms with Gasteiger partial charge in [0.05, 0.1) is 12.5 Å². The van der Waals surface area contributed by atoms with Crippen molar-refractivity contribution in [3.63, 3.8) is 0 Å². The van der Waals surface area contributed by atoms with Gasteiger partial charge in [-0.2, -0.15) is 0 Å². The minimum absolute atomic E-state index is 0.0309. The Balaban J connectivity index is 1.94. The maximum atomic E-state index is 12.4. The Morgan fingerprint density at radius 3 is 2.86 bits per heavy atom. The number of likely N-dealkylation sites (tertiary alicyclic amines) is 1. The fourth-order valence-electron chi connectivity index (χ4n) is 2.80. The van der Waals surface area contributed by atoms with Crippen LogP contribution in [0.1, 0.15) is 32.5 Å². The van der Waals surface area contributed by atoms with Gasteiger partial charge in [0.1, 0.15) is 5.82 Å². The third-order valence-electron chi connectivity index (χ3n) is 4.16. The quantitative estimate of drug-likeness (QED) is 0.825. The summed E-state index contributed by atoms with van der Waals surface area (Å²) in [5.41, 5.74) is 5.98. The molecule has 7 nitrogen and oxygen atoms in total. The van der Waals surface area contributed by atoms with E-state index in [9.17, 15) is 9.59 Å². The smallest absolute Gasteiger partial charge is 0.225 e. The number of hydrogen-bond acceptors (Lipinski definition) is 4. The fourth-order valence-corrected chi connectivity index (χ4v) is 2.80. The second-order valence-electron chi connectivity index (χ2n) is 5.81. The number of nitrogens with zero attached hydrogens (tertiary/aromatic N) is 3. The van der Waals surface area contributed by atoms with Crippen LogP contribution in [0.15, 0.2) is 12.4 Å². The molecule has 0 saturated carbocycles. The van der Waals surface area contributed by atoms with E-state index in [4.69, 9.17) is 5.73 Å². The van der Waals surface area contributed by atoms with E-state index in [1.54, 1.807) is 11.1 Å². The minimum Gasteiger partial charge on any atom is -0.349 e. The highest BCUT2D eigenvalue weighted by molar-refractivity contribution is 5.80. The molecule has 0 aromatic carbocycles. The van der Waals surface area contributed by atoms with Crippen LogP contribution >= 0.6 is 0 Å². The molecule has 0 unspecified atom stereocenters. The molecular formula is C15H25N5O2. The maximum absolute atomic E-state index is 12.4. The summed E-state index contributed by atoms with van der Waals surface area (Å²) >= 11 is 0. The summed E-state index contributed by atoms with van der Waals surface area (Å²) in [5, 5.41) is 2.93. The first-order valence-corrected chi connectivity index (χ1v) is 7.80. The number of nitrogens with two attached hydrogens (primary N) is 1. The Labute approximate surface area is 130 Å². The summed E-state index contributed by atoms with van der Waals surface area (Å²) in [7, 11) is 0. The van der Waals surface area contributed by atoms with Crippen molar-refractivity contribution in [3.8, 4) is 0 Å². The molecule has 0 spiro atoms. The summed E-state index contributed by atoms with van der Waals surface area (Å²) < 4.78 is 1.99. The Bertz CT molecular complexity index is 528. The van der Waals surface area contributed by atoms with Crippen LogP contribution in [0, 0.1) is 5.92 Å². The van der Waals surface area contributed by atoms with E-state index < -0.39 is 0 Å². The van der Waals surface area contributed by atoms with Gasteiger partial charge in [-0.15, -0.1) is 0 Å². The molecule has 2 atom stereocenters. The number of rotatable bonds is 4. The second kappa shape index (κ2) is 7.40. The first kappa shape index (κ1) is 16.5. The average molecular weight is 307 g/mol. The molecular weight excluding hydrogens is 282 g/mol. The highest BCUT2D eigenvalue weighted by Gasteiger charge is 2.28. The molecule has 0 bridgehead atoms. The molecule has 0 radical (unpaired) electrons. The monoisotopic (exact) mass is 307 g/mol. The molecule has 1 aromatic heterocycles. The number of carbonyl (C=O) groups is 2. The van der Waals surface area contributed by atoms with Crippen LogP contribution in [0.25, 0.3) is 0 Å². The van der Waals surface area contributed by atoms with Gasteiger partial charge in [0.2, 0.25) is 11.8 Å². The van der Waals surface area contributed by atoms with Crippen LogP contribution in [-0.4, -0.2) is 45.4 Å². The summed E-state index contributed by atoms with van der Waals surface area (Å²) in [6.45, 7) is 5.75. The van der Waals surface area contributed by atoms with Gasteiger partial charge in [-0.05, 0) is 19.8 Å². The largest absolute Gasteiger partial charge is 0.349 e. The van der Waals surface area contributed by atoms with E-state index >= 15 is 0 Å². The first-order chi connectivity index (χ1) is 10.5. The summed E-state index contributed by atoms with van der Waals surface area (Å²) in [4.78, 5) is 29.9. The molecule has 1 aliphatic heterocycles. The molecule has 2 rings (SSSR count). The summed E-state index contributed by atoms with van der Waals surface area (Å²) in [5.74, 6) is 0.565. The lowest BCUT2D eigenvalue weighted by atomic mass is 10.0. The van der Waals surface area contributed by atoms with Crippen LogP contribution < -0.4 is 11.1 Å². The molecule has 0 aliphatic carbocycles. The van der Waals surface area contributed by atoms with Crippen molar-refractivity contribution < 1.29 is 9.59 Å². The number of nitrogens with one attached hydrogen (secondary N) is 1. The lowest BCUT2D eigenvalue weighted by molar-refractivity contribution is -0.131. The normalized spacial score (nSPS) is 22.2. The highest BCUT2D eigenvalue weighted by atomic mass is 16.2. The van der Waals surface area contributed by atoms with Gasteiger partial charge in [0.15, 0.2) is 0 Å². The molecule has 2 heterocycles. The van der Waals surface area contributed by atoms with Crippen LogP contribution in [-0.2, 0) is 22.7 Å². The zero-order valence-electron chi connectivity index (χ0n) is 13.3. The lowest BCUT2D eigenvalue weighted by Crippen LogP contribution is -2.42. The van der Waals surface area contributed by atoms with Gasteiger partial charge in [-0.25, -0.2) is 4.98 Å². The Hall–Kier alpha value is -1.89. The number of aryl methyl sites for hydroxylation is 1. The van der Waals surface area contributed by atoms with E-state index in [1.165, 1.54) is 6.92 Å². The number of carbonyl (C=O) groups excluding carboxylic acids is 2. The fraction of sp³-hybridized carbons (Fsp3) is 0.667. The van der Waals surface area contributed by atoms with Gasteiger partial charge in [-0.3, -0.25) is 9.59 Å². The van der Waals surface area contributed by atoms with E-state index in [-0.39, 0.29) is 23.8 Å². The van der Waals surface area contributed by atoms with Crippen molar-refractivity contribution in [1.29, 1.82) is 0 Å². The predicted molar refractivity (Wildman–Crippen MR) is 82.7 cm³/mol. The van der Waals surface area contributed by atoms with Gasteiger partial charge in [0.25, 0.3) is 0 Å². The van der Waals surface area contributed by atoms with Crippen molar-refractivity contribution in [3.05, 3.63) is 18.2 Å². The van der Waals surface area contributed by atoms with Crippen molar-refractivity contribution >= 4 is 11.8 Å². The summed E-state index contributed by atoms with van der Waals surface area (Å²) in [6.07, 6.45) is 5.08. The topological polar surface area (TPSA) is 93.2 Å². The van der Waals surface area contributed by atoms with E-state index in [1.807, 2.05) is 17.7 Å². The Morgan fingerprint density at radius 1 is 1.41 bits per heavy atom. The van der Waals surface area contributed by atoms with Crippen molar-refractivity contribution in [1.82, 2.24) is 19.8 Å². The van der Waals surface area contributed by atoms with Crippen LogP contribution in [0.5, 0.6) is 0 Å². The molecule has 3 N–H and O–H groups in total. The van der Waals surface area contributed by atoms with Crippen molar-refractivity contribution in [2.24, 2.45) is 11.7 Å². The van der Waals surface area contributed by atoms with E-state index in [0.717, 1.165) is 18.8 Å². The van der Waals surface area contributed by atoms with Crippen LogP contribution in [0.3, 0.4) is 0 Å². The molecule has 1 aliphatic rings. The van der Waals surface area contributed by atoms with Gasteiger partial charge < -0.3 is 20.5 Å². The molecule has 122 valence electrons. The first-order valence-electron chi connectivity index (χ1n) is 7.80. The lowest BCUT2D eigenvalue weighted by Gasteiger charge is -2.23. The Kier molecular flexibility index (Phi) is 5.54. The van der Waals surface area contributed by atoms with Crippen LogP contribution in [0.2, 0.25) is 0 Å². The van der Waals surface area contributed by atoms with E-state index in [0.29, 0.717) is 26.1 Å². The Morgan fingerprint density at radius 2 is 2.18 bits per heavy atom. The standard InChI is InChI=1S/C15H25N5O2/c1-3-19-7-6-17-14(19)8-18-15(22)12-4-5-13(16)10-20(9-12)11(2)21/h6-7,12-13H,3-5,8-10,16H2,1-2H3,(H,18,22)/t12-,13+/m1/s1. The van der Waals surface area contributed by atoms with Gasteiger partial charge in [0, 0.05) is 45.0 Å². The van der Waals surface area contributed by atoms with Gasteiger partial charge >= 0.3 is 0 Å². The highest BCUT2D eigenvalue weighted by Crippen LogP contribution is 2.16. The minimum atomic E-state index is -0.206. The molecule has 7 heteroatoms. The zero-order chi connectivity index (χ0) is 16.1. The maximum Gasteiger partial charge on any atom is 0.225 e.